The number of carbonyl (C=O) groups excluding carboxylic acids is 1. The van der Waals surface area contributed by atoms with Crippen LogP contribution in [0.25, 0.3) is 0 Å². The zero-order chi connectivity index (χ0) is 19.3. The van der Waals surface area contributed by atoms with E-state index in [9.17, 15) is 18.3 Å². The highest BCUT2D eigenvalue weighted by atomic mass is 32.2. The van der Waals surface area contributed by atoms with E-state index >= 15 is 0 Å². The molecule has 1 atom stereocenters. The Kier molecular flexibility index (Phi) is 7.40. The molecule has 0 radical (unpaired) electrons. The summed E-state index contributed by atoms with van der Waals surface area (Å²) in [5, 5.41) is 12.9. The van der Waals surface area contributed by atoms with Crippen LogP contribution in [0.1, 0.15) is 39.7 Å². The number of aliphatic hydroxyl groups is 1. The molecule has 0 saturated carbocycles. The first-order valence-corrected chi connectivity index (χ1v) is 10.1. The van der Waals surface area contributed by atoms with Crippen LogP contribution in [0, 0.1) is 5.41 Å². The molecule has 1 aromatic rings. The lowest BCUT2D eigenvalue weighted by Gasteiger charge is -2.19. The van der Waals surface area contributed by atoms with Gasteiger partial charge in [-0.3, -0.25) is 14.8 Å². The van der Waals surface area contributed by atoms with E-state index in [1.807, 2.05) is 6.92 Å². The highest BCUT2D eigenvalue weighted by Gasteiger charge is 2.25. The highest BCUT2D eigenvalue weighted by molar-refractivity contribution is 7.92. The molecular formula is C17H28N2O5S. The molecule has 1 unspecified atom stereocenters. The molecule has 142 valence electrons. The molecule has 0 saturated heterocycles. The Balaban J connectivity index is 3.06. The summed E-state index contributed by atoms with van der Waals surface area (Å²) >= 11 is 0. The zero-order valence-electron chi connectivity index (χ0n) is 15.4. The number of benzene rings is 1. The topological polar surface area (TPSA) is 105 Å². The van der Waals surface area contributed by atoms with Crippen molar-refractivity contribution in [3.63, 3.8) is 0 Å². The van der Waals surface area contributed by atoms with Crippen molar-refractivity contribution < 1.29 is 23.1 Å². The maximum Gasteiger partial charge on any atom is 0.316 e. The van der Waals surface area contributed by atoms with Crippen LogP contribution in [0.15, 0.2) is 18.2 Å². The maximum atomic E-state index is 12.1. The summed E-state index contributed by atoms with van der Waals surface area (Å²) in [5.41, 5.74) is 0.152. The van der Waals surface area contributed by atoms with Crippen molar-refractivity contribution in [1.29, 1.82) is 0 Å². The van der Waals surface area contributed by atoms with Crippen molar-refractivity contribution in [3.8, 4) is 5.75 Å². The molecule has 0 fully saturated rings. The standard InChI is InChI=1S/C17H28N2O5S/c1-6-9-18-15(20)11-12-7-8-14(24-16(21)17(2,3)4)13(10-12)19-25(5,22)23/h7-8,10,15,18-20H,6,9,11H2,1-5H3. The second-order valence-electron chi connectivity index (χ2n) is 7.02. The van der Waals surface area contributed by atoms with Crippen LogP contribution < -0.4 is 14.8 Å². The number of aliphatic hydroxyl groups excluding tert-OH is 1. The second kappa shape index (κ2) is 8.64. The molecule has 0 heterocycles. The third-order valence-electron chi connectivity index (χ3n) is 3.21. The molecule has 0 spiro atoms. The first-order chi connectivity index (χ1) is 11.4. The second-order valence-corrected chi connectivity index (χ2v) is 8.77. The number of anilines is 1. The van der Waals surface area contributed by atoms with Gasteiger partial charge in [-0.25, -0.2) is 8.42 Å². The molecule has 8 heteroatoms. The van der Waals surface area contributed by atoms with Crippen LogP contribution in [0.2, 0.25) is 0 Å². The lowest BCUT2D eigenvalue weighted by Crippen LogP contribution is -2.31. The van der Waals surface area contributed by atoms with Gasteiger partial charge in [0.25, 0.3) is 0 Å². The van der Waals surface area contributed by atoms with Crippen molar-refractivity contribution >= 4 is 21.7 Å². The van der Waals surface area contributed by atoms with E-state index in [1.165, 1.54) is 6.07 Å². The molecule has 3 N–H and O–H groups in total. The Bertz CT molecular complexity index is 695. The van der Waals surface area contributed by atoms with Crippen LogP contribution in [-0.2, 0) is 21.2 Å². The quantitative estimate of drug-likeness (QED) is 0.366. The molecule has 0 aliphatic heterocycles. The average Bonchev–Trinajstić information content (AvgIpc) is 2.45. The van der Waals surface area contributed by atoms with Gasteiger partial charge in [0, 0.05) is 6.42 Å². The summed E-state index contributed by atoms with van der Waals surface area (Å²) in [7, 11) is -3.55. The van der Waals surface area contributed by atoms with E-state index in [0.29, 0.717) is 18.5 Å². The largest absolute Gasteiger partial charge is 0.424 e. The predicted molar refractivity (Wildman–Crippen MR) is 98.0 cm³/mol. The van der Waals surface area contributed by atoms with Gasteiger partial charge in [-0.1, -0.05) is 13.0 Å². The summed E-state index contributed by atoms with van der Waals surface area (Å²) in [6, 6.07) is 4.78. The van der Waals surface area contributed by atoms with Crippen LogP contribution in [0.4, 0.5) is 5.69 Å². The molecule has 7 nitrogen and oxygen atoms in total. The minimum Gasteiger partial charge on any atom is -0.424 e. The molecule has 1 aromatic carbocycles. The number of rotatable bonds is 8. The minimum absolute atomic E-state index is 0.130. The van der Waals surface area contributed by atoms with Gasteiger partial charge in [0.05, 0.1) is 17.4 Å². The van der Waals surface area contributed by atoms with Gasteiger partial charge in [-0.2, -0.15) is 0 Å². The van der Waals surface area contributed by atoms with E-state index < -0.39 is 27.6 Å². The molecule has 0 bridgehead atoms. The van der Waals surface area contributed by atoms with Crippen molar-refractivity contribution in [1.82, 2.24) is 5.32 Å². The first kappa shape index (κ1) is 21.4. The van der Waals surface area contributed by atoms with E-state index in [2.05, 4.69) is 10.0 Å². The molecule has 0 aromatic heterocycles. The molecule has 25 heavy (non-hydrogen) atoms. The van der Waals surface area contributed by atoms with Gasteiger partial charge >= 0.3 is 5.97 Å². The van der Waals surface area contributed by atoms with E-state index in [1.54, 1.807) is 32.9 Å². The normalized spacial score (nSPS) is 13.4. The Morgan fingerprint density at radius 3 is 2.48 bits per heavy atom. The highest BCUT2D eigenvalue weighted by Crippen LogP contribution is 2.29. The maximum absolute atomic E-state index is 12.1. The summed E-state index contributed by atoms with van der Waals surface area (Å²) in [6.07, 6.45) is 1.46. The SMILES string of the molecule is CCCNC(O)Cc1ccc(OC(=O)C(C)(C)C)c(NS(C)(=O)=O)c1. The lowest BCUT2D eigenvalue weighted by molar-refractivity contribution is -0.142. The van der Waals surface area contributed by atoms with E-state index in [-0.39, 0.29) is 11.4 Å². The molecule has 0 aliphatic rings. The van der Waals surface area contributed by atoms with Gasteiger partial charge in [0.2, 0.25) is 10.0 Å². The fourth-order valence-corrected chi connectivity index (χ4v) is 2.49. The lowest BCUT2D eigenvalue weighted by atomic mass is 9.97. The molecule has 0 aliphatic carbocycles. The van der Waals surface area contributed by atoms with Crippen molar-refractivity contribution in [3.05, 3.63) is 23.8 Å². The Labute approximate surface area is 149 Å². The van der Waals surface area contributed by atoms with Gasteiger partial charge in [0.1, 0.15) is 6.23 Å². The molecule has 0 amide bonds. The zero-order valence-corrected chi connectivity index (χ0v) is 16.2. The molecular weight excluding hydrogens is 344 g/mol. The Morgan fingerprint density at radius 2 is 1.96 bits per heavy atom. The van der Waals surface area contributed by atoms with Crippen molar-refractivity contribution in [2.45, 2.75) is 46.8 Å². The van der Waals surface area contributed by atoms with Crippen LogP contribution in [0.3, 0.4) is 0 Å². The Morgan fingerprint density at radius 1 is 1.32 bits per heavy atom. The summed E-state index contributed by atoms with van der Waals surface area (Å²) in [4.78, 5) is 12.1. The predicted octanol–water partition coefficient (Wildman–Crippen LogP) is 1.87. The van der Waals surface area contributed by atoms with E-state index in [0.717, 1.165) is 12.7 Å². The minimum atomic E-state index is -3.55. The van der Waals surface area contributed by atoms with Gasteiger partial charge in [0.15, 0.2) is 5.75 Å². The number of carbonyl (C=O) groups is 1. The monoisotopic (exact) mass is 372 g/mol. The number of ether oxygens (including phenoxy) is 1. The number of esters is 1. The average molecular weight is 372 g/mol. The number of hydrogen-bond acceptors (Lipinski definition) is 6. The summed E-state index contributed by atoms with van der Waals surface area (Å²) < 4.78 is 30.9. The first-order valence-electron chi connectivity index (χ1n) is 8.17. The van der Waals surface area contributed by atoms with Gasteiger partial charge in [-0.15, -0.1) is 0 Å². The van der Waals surface area contributed by atoms with Crippen molar-refractivity contribution in [2.24, 2.45) is 5.41 Å². The fraction of sp³-hybridized carbons (Fsp3) is 0.588. The molecule has 1 rings (SSSR count). The number of nitrogens with one attached hydrogen (secondary N) is 2. The third-order valence-corrected chi connectivity index (χ3v) is 3.80. The van der Waals surface area contributed by atoms with Crippen LogP contribution >= 0.6 is 0 Å². The van der Waals surface area contributed by atoms with Gasteiger partial charge < -0.3 is 9.84 Å². The number of hydrogen-bond donors (Lipinski definition) is 3. The summed E-state index contributed by atoms with van der Waals surface area (Å²) in [6.45, 7) is 7.80. The van der Waals surface area contributed by atoms with Gasteiger partial charge in [-0.05, 0) is 51.4 Å². The number of sulfonamides is 1. The van der Waals surface area contributed by atoms with Crippen molar-refractivity contribution in [2.75, 3.05) is 17.5 Å². The smallest absolute Gasteiger partial charge is 0.316 e. The van der Waals surface area contributed by atoms with E-state index in [4.69, 9.17) is 4.74 Å². The van der Waals surface area contributed by atoms with Crippen LogP contribution in [0.5, 0.6) is 5.75 Å². The third kappa shape index (κ3) is 7.85. The summed E-state index contributed by atoms with van der Waals surface area (Å²) in [5.74, 6) is -0.341. The van der Waals surface area contributed by atoms with Crippen LogP contribution in [-0.4, -0.2) is 38.5 Å². The Hall–Kier alpha value is -1.64. The fourth-order valence-electron chi connectivity index (χ4n) is 1.93.